The standard InChI is InChI=1S/C9H11NOS.C8H8O3/c1-3-7-4-10-6(2)9(11)8(7)5-12;1-11-8(10)6-2-4-7(9)5-3-6/h3-4,11-12H,1,5H2,2H3;2-5,9H,1H3. The molecule has 0 bridgehead atoms. The van der Waals surface area contributed by atoms with Crippen LogP contribution >= 0.6 is 12.6 Å². The van der Waals surface area contributed by atoms with Gasteiger partial charge in [-0.2, -0.15) is 12.6 Å². The number of esters is 1. The molecule has 23 heavy (non-hydrogen) atoms. The second-order valence-corrected chi connectivity index (χ2v) is 4.84. The predicted octanol–water partition coefficient (Wildman–Crippen LogP) is 3.35. The fourth-order valence-corrected chi connectivity index (χ4v) is 2.05. The SMILES string of the molecule is C=Cc1cnc(C)c(O)c1CS.COC(=O)c1ccc(O)cc1. The zero-order chi connectivity index (χ0) is 17.4. The van der Waals surface area contributed by atoms with E-state index in [-0.39, 0.29) is 11.5 Å². The van der Waals surface area contributed by atoms with Gasteiger partial charge in [0.1, 0.15) is 11.5 Å². The van der Waals surface area contributed by atoms with Crippen molar-refractivity contribution in [1.29, 1.82) is 0 Å². The zero-order valence-electron chi connectivity index (χ0n) is 13.0. The molecule has 0 spiro atoms. The van der Waals surface area contributed by atoms with Crippen LogP contribution in [0.4, 0.5) is 0 Å². The van der Waals surface area contributed by atoms with Crippen molar-refractivity contribution in [1.82, 2.24) is 4.98 Å². The number of carbonyl (C=O) groups excluding carboxylic acids is 1. The van der Waals surface area contributed by atoms with Gasteiger partial charge in [-0.05, 0) is 36.8 Å². The Hall–Kier alpha value is -2.47. The van der Waals surface area contributed by atoms with Gasteiger partial charge in [0.05, 0.1) is 18.4 Å². The van der Waals surface area contributed by atoms with Crippen LogP contribution in [0, 0.1) is 6.92 Å². The molecule has 0 saturated heterocycles. The lowest BCUT2D eigenvalue weighted by atomic mass is 10.1. The van der Waals surface area contributed by atoms with Crippen molar-refractivity contribution in [2.45, 2.75) is 12.7 Å². The largest absolute Gasteiger partial charge is 0.508 e. The summed E-state index contributed by atoms with van der Waals surface area (Å²) < 4.78 is 4.46. The van der Waals surface area contributed by atoms with Crippen LogP contribution in [0.5, 0.6) is 11.5 Å². The molecule has 0 amide bonds. The number of benzene rings is 1. The van der Waals surface area contributed by atoms with Crippen molar-refractivity contribution in [2.75, 3.05) is 7.11 Å². The molecule has 1 heterocycles. The molecule has 0 aliphatic heterocycles. The molecule has 1 aromatic carbocycles. The first-order valence-electron chi connectivity index (χ1n) is 6.72. The third-order valence-corrected chi connectivity index (χ3v) is 3.36. The molecule has 1 aromatic heterocycles. The summed E-state index contributed by atoms with van der Waals surface area (Å²) in [6, 6.07) is 5.88. The molecule has 0 saturated carbocycles. The summed E-state index contributed by atoms with van der Waals surface area (Å²) in [5.74, 6) is 0.460. The predicted molar refractivity (Wildman–Crippen MR) is 92.9 cm³/mol. The minimum atomic E-state index is -0.398. The molecule has 5 nitrogen and oxygen atoms in total. The molecule has 2 N–H and O–H groups in total. The molecule has 2 rings (SSSR count). The van der Waals surface area contributed by atoms with Gasteiger partial charge >= 0.3 is 5.97 Å². The molecule has 0 aliphatic carbocycles. The maximum Gasteiger partial charge on any atom is 0.337 e. The number of hydrogen-bond donors (Lipinski definition) is 3. The second-order valence-electron chi connectivity index (χ2n) is 4.53. The molecular weight excluding hydrogens is 314 g/mol. The fraction of sp³-hybridized carbons (Fsp3) is 0.176. The molecular formula is C17H19NO4S. The molecule has 0 unspecified atom stereocenters. The lowest BCUT2D eigenvalue weighted by Crippen LogP contribution is -1.99. The monoisotopic (exact) mass is 333 g/mol. The van der Waals surface area contributed by atoms with E-state index in [1.165, 1.54) is 31.4 Å². The molecule has 2 aromatic rings. The number of nitrogens with zero attached hydrogens (tertiary/aromatic N) is 1. The normalized spacial score (nSPS) is 9.52. The molecule has 0 aliphatic rings. The summed E-state index contributed by atoms with van der Waals surface area (Å²) in [4.78, 5) is 14.8. The van der Waals surface area contributed by atoms with E-state index in [4.69, 9.17) is 5.11 Å². The number of methoxy groups -OCH3 is 1. The van der Waals surface area contributed by atoms with Gasteiger partial charge in [-0.25, -0.2) is 4.79 Å². The Kier molecular flexibility index (Phi) is 7.15. The van der Waals surface area contributed by atoms with Crippen molar-refractivity contribution < 1.29 is 19.7 Å². The van der Waals surface area contributed by atoms with Crippen LogP contribution in [0.25, 0.3) is 6.08 Å². The highest BCUT2D eigenvalue weighted by molar-refractivity contribution is 7.79. The van der Waals surface area contributed by atoms with Crippen LogP contribution in [0.15, 0.2) is 37.0 Å². The summed E-state index contributed by atoms with van der Waals surface area (Å²) in [6.45, 7) is 5.38. The van der Waals surface area contributed by atoms with Gasteiger partial charge in [-0.1, -0.05) is 12.7 Å². The van der Waals surface area contributed by atoms with Crippen LogP contribution in [0.2, 0.25) is 0 Å². The van der Waals surface area contributed by atoms with E-state index in [2.05, 4.69) is 28.9 Å². The lowest BCUT2D eigenvalue weighted by Gasteiger charge is -2.06. The number of ether oxygens (including phenoxy) is 1. The van der Waals surface area contributed by atoms with Gasteiger partial charge in [0.2, 0.25) is 0 Å². The van der Waals surface area contributed by atoms with Crippen molar-refractivity contribution in [2.24, 2.45) is 0 Å². The van der Waals surface area contributed by atoms with Crippen molar-refractivity contribution in [3.05, 3.63) is 59.4 Å². The van der Waals surface area contributed by atoms with Gasteiger partial charge < -0.3 is 14.9 Å². The molecule has 0 fully saturated rings. The fourth-order valence-electron chi connectivity index (χ4n) is 1.72. The summed E-state index contributed by atoms with van der Waals surface area (Å²) in [5.41, 5.74) is 2.70. The average Bonchev–Trinajstić information content (AvgIpc) is 2.57. The summed E-state index contributed by atoms with van der Waals surface area (Å²) >= 11 is 4.12. The van der Waals surface area contributed by atoms with E-state index in [1.54, 1.807) is 19.2 Å². The van der Waals surface area contributed by atoms with E-state index in [9.17, 15) is 9.90 Å². The third kappa shape index (κ3) is 5.03. The first-order chi connectivity index (χ1) is 10.9. The van der Waals surface area contributed by atoms with E-state index in [0.717, 1.165) is 11.1 Å². The minimum Gasteiger partial charge on any atom is -0.508 e. The second kappa shape index (κ2) is 8.85. The molecule has 122 valence electrons. The highest BCUT2D eigenvalue weighted by atomic mass is 32.1. The smallest absolute Gasteiger partial charge is 0.337 e. The Labute approximate surface area is 140 Å². The Balaban J connectivity index is 0.000000231. The van der Waals surface area contributed by atoms with Crippen molar-refractivity contribution >= 4 is 24.7 Å². The van der Waals surface area contributed by atoms with E-state index in [0.29, 0.717) is 17.0 Å². The Morgan fingerprint density at radius 3 is 2.43 bits per heavy atom. The first kappa shape index (κ1) is 18.6. The van der Waals surface area contributed by atoms with E-state index < -0.39 is 5.97 Å². The van der Waals surface area contributed by atoms with E-state index >= 15 is 0 Å². The number of thiol groups is 1. The van der Waals surface area contributed by atoms with E-state index in [1.807, 2.05) is 0 Å². The van der Waals surface area contributed by atoms with Crippen molar-refractivity contribution in [3.8, 4) is 11.5 Å². The van der Waals surface area contributed by atoms with Gasteiger partial charge in [0.25, 0.3) is 0 Å². The number of rotatable bonds is 3. The first-order valence-corrected chi connectivity index (χ1v) is 7.35. The van der Waals surface area contributed by atoms with Crippen LogP contribution in [-0.2, 0) is 10.5 Å². The summed E-state index contributed by atoms with van der Waals surface area (Å²) in [7, 11) is 1.31. The van der Waals surface area contributed by atoms with Crippen molar-refractivity contribution in [3.63, 3.8) is 0 Å². The molecule has 6 heteroatoms. The number of hydrogen-bond acceptors (Lipinski definition) is 6. The van der Waals surface area contributed by atoms with Crippen LogP contribution in [-0.4, -0.2) is 28.3 Å². The summed E-state index contributed by atoms with van der Waals surface area (Å²) in [5, 5.41) is 18.4. The Morgan fingerprint density at radius 1 is 1.35 bits per heavy atom. The maximum absolute atomic E-state index is 10.8. The number of aromatic nitrogens is 1. The number of pyridine rings is 1. The van der Waals surface area contributed by atoms with Crippen LogP contribution in [0.1, 0.15) is 27.2 Å². The number of phenols is 1. The number of aryl methyl sites for hydroxylation is 1. The van der Waals surface area contributed by atoms with Gasteiger partial charge in [-0.15, -0.1) is 0 Å². The number of carbonyl (C=O) groups is 1. The summed E-state index contributed by atoms with van der Waals surface area (Å²) in [6.07, 6.45) is 3.35. The van der Waals surface area contributed by atoms with Crippen LogP contribution < -0.4 is 0 Å². The zero-order valence-corrected chi connectivity index (χ0v) is 13.9. The molecule has 0 radical (unpaired) electrons. The Morgan fingerprint density at radius 2 is 1.96 bits per heavy atom. The van der Waals surface area contributed by atoms with Crippen LogP contribution in [0.3, 0.4) is 0 Å². The van der Waals surface area contributed by atoms with Gasteiger partial charge in [0, 0.05) is 17.5 Å². The number of aromatic hydroxyl groups is 2. The minimum absolute atomic E-state index is 0.137. The van der Waals surface area contributed by atoms with Gasteiger partial charge in [-0.3, -0.25) is 4.98 Å². The quantitative estimate of drug-likeness (QED) is 0.593. The Bertz CT molecular complexity index is 684. The lowest BCUT2D eigenvalue weighted by molar-refractivity contribution is 0.0600. The molecule has 0 atom stereocenters. The highest BCUT2D eigenvalue weighted by Crippen LogP contribution is 2.25. The highest BCUT2D eigenvalue weighted by Gasteiger charge is 2.07. The average molecular weight is 333 g/mol. The topological polar surface area (TPSA) is 79.7 Å². The van der Waals surface area contributed by atoms with Gasteiger partial charge in [0.15, 0.2) is 0 Å². The number of phenolic OH excluding ortho intramolecular Hbond substituents is 1. The third-order valence-electron chi connectivity index (χ3n) is 3.04. The maximum atomic E-state index is 10.8.